The maximum atomic E-state index is 12.1. The number of carbonyl (C=O) groups excluding carboxylic acids is 1. The van der Waals surface area contributed by atoms with E-state index in [-0.39, 0.29) is 17.4 Å². The van der Waals surface area contributed by atoms with Crippen LogP contribution in [0.15, 0.2) is 0 Å². The molecule has 0 saturated carbocycles. The molecule has 88 valence electrons. The van der Waals surface area contributed by atoms with Gasteiger partial charge in [-0.1, -0.05) is 34.6 Å². The highest BCUT2D eigenvalue weighted by Gasteiger charge is 2.32. The van der Waals surface area contributed by atoms with Gasteiger partial charge in [0.15, 0.2) is 0 Å². The van der Waals surface area contributed by atoms with Gasteiger partial charge < -0.3 is 9.64 Å². The molecule has 1 amide bonds. The Morgan fingerprint density at radius 1 is 1.40 bits per heavy atom. The van der Waals surface area contributed by atoms with Gasteiger partial charge in [0.05, 0.1) is 12.7 Å². The number of rotatable bonds is 1. The molecule has 1 saturated heterocycles. The van der Waals surface area contributed by atoms with E-state index in [1.54, 1.807) is 0 Å². The number of hydrogen-bond acceptors (Lipinski definition) is 2. The van der Waals surface area contributed by atoms with Crippen LogP contribution in [0.3, 0.4) is 0 Å². The number of ether oxygens (including phenoxy) is 1. The van der Waals surface area contributed by atoms with E-state index >= 15 is 0 Å². The number of carbonyl (C=O) groups is 1. The molecule has 15 heavy (non-hydrogen) atoms. The number of nitrogens with zero attached hydrogens (tertiary/aromatic N) is 1. The molecule has 0 N–H and O–H groups in total. The molecule has 0 aliphatic carbocycles. The smallest absolute Gasteiger partial charge is 0.228 e. The zero-order chi connectivity index (χ0) is 11.6. The Morgan fingerprint density at radius 2 is 2.00 bits per heavy atom. The Balaban J connectivity index is 2.60. The van der Waals surface area contributed by atoms with Gasteiger partial charge in [0.2, 0.25) is 5.91 Å². The van der Waals surface area contributed by atoms with Crippen molar-refractivity contribution < 1.29 is 9.53 Å². The van der Waals surface area contributed by atoms with Crippen molar-refractivity contribution in [2.24, 2.45) is 11.3 Å². The first-order valence-electron chi connectivity index (χ1n) is 5.73. The van der Waals surface area contributed by atoms with E-state index in [2.05, 4.69) is 13.8 Å². The van der Waals surface area contributed by atoms with E-state index in [9.17, 15) is 4.79 Å². The van der Waals surface area contributed by atoms with E-state index < -0.39 is 0 Å². The first-order chi connectivity index (χ1) is 6.82. The fourth-order valence-electron chi connectivity index (χ4n) is 1.74. The maximum Gasteiger partial charge on any atom is 0.228 e. The molecule has 3 nitrogen and oxygen atoms in total. The average Bonchev–Trinajstić information content (AvgIpc) is 2.15. The maximum absolute atomic E-state index is 12.1. The summed E-state index contributed by atoms with van der Waals surface area (Å²) in [6.45, 7) is 12.3. The predicted octanol–water partition coefficient (Wildman–Crippen LogP) is 1.92. The second-order valence-corrected chi connectivity index (χ2v) is 5.65. The summed E-state index contributed by atoms with van der Waals surface area (Å²) in [5.74, 6) is 0.706. The lowest BCUT2D eigenvalue weighted by molar-refractivity contribution is -0.148. The summed E-state index contributed by atoms with van der Waals surface area (Å²) < 4.78 is 5.64. The van der Waals surface area contributed by atoms with Crippen LogP contribution >= 0.6 is 0 Å². The fraction of sp³-hybridized carbons (Fsp3) is 0.917. The third-order valence-corrected chi connectivity index (χ3v) is 2.77. The van der Waals surface area contributed by atoms with Crippen LogP contribution in [-0.4, -0.2) is 36.6 Å². The Kier molecular flexibility index (Phi) is 3.77. The summed E-state index contributed by atoms with van der Waals surface area (Å²) in [5.41, 5.74) is -0.279. The molecule has 1 aliphatic rings. The topological polar surface area (TPSA) is 29.5 Å². The van der Waals surface area contributed by atoms with Crippen molar-refractivity contribution in [2.45, 2.75) is 40.7 Å². The van der Waals surface area contributed by atoms with Crippen molar-refractivity contribution in [3.63, 3.8) is 0 Å². The highest BCUT2D eigenvalue weighted by atomic mass is 16.5. The summed E-state index contributed by atoms with van der Waals surface area (Å²) in [5, 5.41) is 0. The summed E-state index contributed by atoms with van der Waals surface area (Å²) in [4.78, 5) is 14.0. The van der Waals surface area contributed by atoms with Crippen molar-refractivity contribution in [1.29, 1.82) is 0 Å². The van der Waals surface area contributed by atoms with E-state index in [4.69, 9.17) is 4.74 Å². The lowest BCUT2D eigenvalue weighted by Gasteiger charge is -2.37. The van der Waals surface area contributed by atoms with E-state index in [0.29, 0.717) is 12.5 Å². The standard InChI is InChI=1S/C12H23NO2/c1-9(2)10-8-13(6-7-15-10)11(14)12(3,4)5/h9-10H,6-8H2,1-5H3/t10-/m0/s1. The second kappa shape index (κ2) is 4.52. The minimum absolute atomic E-state index is 0.199. The molecule has 3 heteroatoms. The Labute approximate surface area is 92.8 Å². The molecule has 1 atom stereocenters. The predicted molar refractivity (Wildman–Crippen MR) is 60.6 cm³/mol. The molecule has 1 heterocycles. The highest BCUT2D eigenvalue weighted by molar-refractivity contribution is 5.81. The molecular formula is C12H23NO2. The Morgan fingerprint density at radius 3 is 2.47 bits per heavy atom. The molecule has 0 radical (unpaired) electrons. The Bertz CT molecular complexity index is 230. The summed E-state index contributed by atoms with van der Waals surface area (Å²) in [7, 11) is 0. The molecule has 1 aliphatic heterocycles. The minimum Gasteiger partial charge on any atom is -0.374 e. The molecule has 0 aromatic heterocycles. The van der Waals surface area contributed by atoms with Crippen LogP contribution in [0.1, 0.15) is 34.6 Å². The monoisotopic (exact) mass is 213 g/mol. The number of hydrogen-bond donors (Lipinski definition) is 0. The van der Waals surface area contributed by atoms with Crippen LogP contribution in [-0.2, 0) is 9.53 Å². The quantitative estimate of drug-likeness (QED) is 0.666. The number of morpholine rings is 1. The average molecular weight is 213 g/mol. The fourth-order valence-corrected chi connectivity index (χ4v) is 1.74. The Hall–Kier alpha value is -0.570. The van der Waals surface area contributed by atoms with Gasteiger partial charge >= 0.3 is 0 Å². The van der Waals surface area contributed by atoms with Crippen molar-refractivity contribution in [2.75, 3.05) is 19.7 Å². The molecule has 0 unspecified atom stereocenters. The van der Waals surface area contributed by atoms with Gasteiger partial charge in [-0.3, -0.25) is 4.79 Å². The van der Waals surface area contributed by atoms with Crippen LogP contribution < -0.4 is 0 Å². The second-order valence-electron chi connectivity index (χ2n) is 5.65. The zero-order valence-electron chi connectivity index (χ0n) is 10.5. The van der Waals surface area contributed by atoms with E-state index in [1.807, 2.05) is 25.7 Å². The van der Waals surface area contributed by atoms with Gasteiger partial charge in [-0.25, -0.2) is 0 Å². The van der Waals surface area contributed by atoms with Gasteiger partial charge in [-0.2, -0.15) is 0 Å². The molecular weight excluding hydrogens is 190 g/mol. The van der Waals surface area contributed by atoms with Crippen LogP contribution in [0.2, 0.25) is 0 Å². The van der Waals surface area contributed by atoms with Crippen LogP contribution in [0.4, 0.5) is 0 Å². The van der Waals surface area contributed by atoms with Gasteiger partial charge in [0, 0.05) is 18.5 Å². The third-order valence-electron chi connectivity index (χ3n) is 2.77. The molecule has 0 bridgehead atoms. The highest BCUT2D eigenvalue weighted by Crippen LogP contribution is 2.21. The third kappa shape index (κ3) is 3.20. The van der Waals surface area contributed by atoms with Crippen molar-refractivity contribution in [1.82, 2.24) is 4.90 Å². The summed E-state index contributed by atoms with van der Waals surface area (Å²) >= 11 is 0. The normalized spacial score (nSPS) is 23.3. The van der Waals surface area contributed by atoms with Crippen molar-refractivity contribution in [3.05, 3.63) is 0 Å². The first kappa shape index (κ1) is 12.5. The first-order valence-corrected chi connectivity index (χ1v) is 5.73. The lowest BCUT2D eigenvalue weighted by atomic mass is 9.93. The molecule has 0 spiro atoms. The minimum atomic E-state index is -0.279. The zero-order valence-corrected chi connectivity index (χ0v) is 10.5. The summed E-state index contributed by atoms with van der Waals surface area (Å²) in [6, 6.07) is 0. The number of amides is 1. The molecule has 0 aromatic carbocycles. The van der Waals surface area contributed by atoms with E-state index in [0.717, 1.165) is 13.1 Å². The van der Waals surface area contributed by atoms with Crippen LogP contribution in [0, 0.1) is 11.3 Å². The molecule has 0 aromatic rings. The largest absolute Gasteiger partial charge is 0.374 e. The van der Waals surface area contributed by atoms with Crippen LogP contribution in [0.5, 0.6) is 0 Å². The SMILES string of the molecule is CC(C)[C@@H]1CN(C(=O)C(C)(C)C)CCO1. The van der Waals surface area contributed by atoms with Gasteiger partial charge in [0.1, 0.15) is 0 Å². The van der Waals surface area contributed by atoms with Gasteiger partial charge in [-0.05, 0) is 5.92 Å². The van der Waals surface area contributed by atoms with Crippen molar-refractivity contribution in [3.8, 4) is 0 Å². The van der Waals surface area contributed by atoms with Crippen molar-refractivity contribution >= 4 is 5.91 Å². The lowest BCUT2D eigenvalue weighted by Crippen LogP contribution is -2.50. The van der Waals surface area contributed by atoms with Crippen LogP contribution in [0.25, 0.3) is 0 Å². The molecule has 1 rings (SSSR count). The van der Waals surface area contributed by atoms with Gasteiger partial charge in [0.25, 0.3) is 0 Å². The summed E-state index contributed by atoms with van der Waals surface area (Å²) in [6.07, 6.45) is 0.199. The molecule has 1 fully saturated rings. The van der Waals surface area contributed by atoms with Gasteiger partial charge in [-0.15, -0.1) is 0 Å². The van der Waals surface area contributed by atoms with E-state index in [1.165, 1.54) is 0 Å².